The average molecular weight is 222 g/mol. The van der Waals surface area contributed by atoms with Crippen molar-refractivity contribution in [2.45, 2.75) is 38.1 Å². The lowest BCUT2D eigenvalue weighted by Gasteiger charge is -2.36. The van der Waals surface area contributed by atoms with Gasteiger partial charge in [0.15, 0.2) is 0 Å². The van der Waals surface area contributed by atoms with E-state index in [1.807, 2.05) is 19.3 Å². The minimum atomic E-state index is -0.0464. The Kier molecular flexibility index (Phi) is 3.19. The molecule has 2 unspecified atom stereocenters. The van der Waals surface area contributed by atoms with E-state index in [0.29, 0.717) is 0 Å². The topological polar surface area (TPSA) is 55.9 Å². The number of hydrogen-bond donors (Lipinski definition) is 2. The Bertz CT molecular complexity index is 347. The van der Waals surface area contributed by atoms with Gasteiger partial charge in [-0.3, -0.25) is 4.68 Å². The predicted molar refractivity (Wildman–Crippen MR) is 66.2 cm³/mol. The molecule has 1 aromatic heterocycles. The van der Waals surface area contributed by atoms with E-state index in [1.165, 1.54) is 12.8 Å². The second-order valence-electron chi connectivity index (χ2n) is 5.29. The van der Waals surface area contributed by atoms with Gasteiger partial charge in [0.05, 0.1) is 0 Å². The molecule has 0 aromatic carbocycles. The van der Waals surface area contributed by atoms with Gasteiger partial charge in [-0.25, -0.2) is 0 Å². The van der Waals surface area contributed by atoms with Gasteiger partial charge in [0, 0.05) is 31.4 Å². The van der Waals surface area contributed by atoms with Gasteiger partial charge in [0.2, 0.25) is 0 Å². The molecule has 0 bridgehead atoms. The van der Waals surface area contributed by atoms with Crippen molar-refractivity contribution < 1.29 is 0 Å². The highest BCUT2D eigenvalue weighted by Crippen LogP contribution is 2.30. The first-order chi connectivity index (χ1) is 7.57. The lowest BCUT2D eigenvalue weighted by atomic mass is 9.77. The van der Waals surface area contributed by atoms with Crippen molar-refractivity contribution in [3.63, 3.8) is 0 Å². The van der Waals surface area contributed by atoms with Gasteiger partial charge < -0.3 is 11.1 Å². The Hall–Kier alpha value is -1.03. The summed E-state index contributed by atoms with van der Waals surface area (Å²) in [6.07, 6.45) is 6.75. The Morgan fingerprint density at radius 3 is 3.12 bits per heavy atom. The second kappa shape index (κ2) is 4.45. The van der Waals surface area contributed by atoms with Crippen LogP contribution in [0.15, 0.2) is 12.3 Å². The molecular formula is C12H22N4. The number of aromatic nitrogens is 2. The normalized spacial score (nSPS) is 30.3. The number of hydrogen-bond acceptors (Lipinski definition) is 3. The first-order valence-corrected chi connectivity index (χ1v) is 6.10. The van der Waals surface area contributed by atoms with Gasteiger partial charge in [-0.2, -0.15) is 5.10 Å². The van der Waals surface area contributed by atoms with Crippen molar-refractivity contribution in [2.24, 2.45) is 18.7 Å². The zero-order valence-corrected chi connectivity index (χ0v) is 10.2. The van der Waals surface area contributed by atoms with E-state index < -0.39 is 0 Å². The zero-order chi connectivity index (χ0) is 11.6. The summed E-state index contributed by atoms with van der Waals surface area (Å²) in [5, 5.41) is 7.63. The zero-order valence-electron chi connectivity index (χ0n) is 10.2. The summed E-state index contributed by atoms with van der Waals surface area (Å²) in [4.78, 5) is 0. The van der Waals surface area contributed by atoms with Crippen molar-refractivity contribution in [3.8, 4) is 0 Å². The molecule has 0 radical (unpaired) electrons. The third-order valence-electron chi connectivity index (χ3n) is 3.46. The predicted octanol–water partition coefficient (Wildman–Crippen LogP) is 1.74. The van der Waals surface area contributed by atoms with Crippen LogP contribution in [0.4, 0.5) is 5.82 Å². The van der Waals surface area contributed by atoms with Crippen molar-refractivity contribution in [1.29, 1.82) is 0 Å². The standard InChI is InChI=1S/C12H22N4/c1-10-4-3-6-12(13,8-10)9-14-11-5-7-16(2)15-11/h5,7,10H,3-4,6,8-9,13H2,1-2H3,(H,14,15). The Morgan fingerprint density at radius 1 is 1.69 bits per heavy atom. The lowest BCUT2D eigenvalue weighted by molar-refractivity contribution is 0.248. The number of anilines is 1. The van der Waals surface area contributed by atoms with E-state index in [9.17, 15) is 0 Å². The average Bonchev–Trinajstić information content (AvgIpc) is 2.61. The number of nitrogens with two attached hydrogens (primary N) is 1. The molecule has 1 aliphatic carbocycles. The van der Waals surface area contributed by atoms with Crippen LogP contribution in [0.3, 0.4) is 0 Å². The molecule has 0 spiro atoms. The first-order valence-electron chi connectivity index (χ1n) is 6.10. The number of nitrogens with one attached hydrogen (secondary N) is 1. The van der Waals surface area contributed by atoms with E-state index in [4.69, 9.17) is 5.73 Å². The molecule has 2 atom stereocenters. The Morgan fingerprint density at radius 2 is 2.50 bits per heavy atom. The van der Waals surface area contributed by atoms with Gasteiger partial charge in [-0.15, -0.1) is 0 Å². The van der Waals surface area contributed by atoms with Gasteiger partial charge in [-0.1, -0.05) is 19.8 Å². The van der Waals surface area contributed by atoms with Crippen LogP contribution in [0.1, 0.15) is 32.6 Å². The van der Waals surface area contributed by atoms with Crippen LogP contribution in [-0.4, -0.2) is 21.9 Å². The van der Waals surface area contributed by atoms with Crippen LogP contribution in [0.2, 0.25) is 0 Å². The molecule has 0 saturated heterocycles. The molecule has 2 rings (SSSR count). The summed E-state index contributed by atoms with van der Waals surface area (Å²) in [6.45, 7) is 3.12. The van der Waals surface area contributed by atoms with Gasteiger partial charge in [0.1, 0.15) is 5.82 Å². The summed E-state index contributed by atoms with van der Waals surface area (Å²) < 4.78 is 1.80. The Balaban J connectivity index is 1.88. The summed E-state index contributed by atoms with van der Waals surface area (Å²) in [7, 11) is 1.92. The number of nitrogens with zero attached hydrogens (tertiary/aromatic N) is 2. The Labute approximate surface area is 97.2 Å². The molecule has 1 saturated carbocycles. The van der Waals surface area contributed by atoms with E-state index in [-0.39, 0.29) is 5.54 Å². The van der Waals surface area contributed by atoms with E-state index in [2.05, 4.69) is 17.3 Å². The van der Waals surface area contributed by atoms with E-state index in [1.54, 1.807) is 4.68 Å². The molecule has 1 aliphatic rings. The number of aryl methyl sites for hydroxylation is 1. The van der Waals surface area contributed by atoms with Crippen LogP contribution in [0, 0.1) is 5.92 Å². The maximum atomic E-state index is 6.41. The molecule has 3 N–H and O–H groups in total. The van der Waals surface area contributed by atoms with Gasteiger partial charge in [0.25, 0.3) is 0 Å². The maximum absolute atomic E-state index is 6.41. The van der Waals surface area contributed by atoms with Crippen molar-refractivity contribution >= 4 is 5.82 Å². The highest BCUT2D eigenvalue weighted by Gasteiger charge is 2.30. The summed E-state index contributed by atoms with van der Waals surface area (Å²) in [5.74, 6) is 1.68. The smallest absolute Gasteiger partial charge is 0.148 e. The SMILES string of the molecule is CC1CCCC(N)(CNc2ccn(C)n2)C1. The summed E-state index contributed by atoms with van der Waals surface area (Å²) in [6, 6.07) is 1.98. The molecule has 0 aliphatic heterocycles. The lowest BCUT2D eigenvalue weighted by Crippen LogP contribution is -2.49. The molecule has 4 heteroatoms. The van der Waals surface area contributed by atoms with Crippen molar-refractivity contribution in [1.82, 2.24) is 9.78 Å². The maximum Gasteiger partial charge on any atom is 0.148 e. The van der Waals surface area contributed by atoms with Crippen LogP contribution < -0.4 is 11.1 Å². The molecule has 1 heterocycles. The summed E-state index contributed by atoms with van der Waals surface area (Å²) >= 11 is 0. The monoisotopic (exact) mass is 222 g/mol. The third kappa shape index (κ3) is 2.76. The van der Waals surface area contributed by atoms with Crippen LogP contribution in [0.25, 0.3) is 0 Å². The van der Waals surface area contributed by atoms with Crippen molar-refractivity contribution in [2.75, 3.05) is 11.9 Å². The second-order valence-corrected chi connectivity index (χ2v) is 5.29. The fourth-order valence-corrected chi connectivity index (χ4v) is 2.64. The van der Waals surface area contributed by atoms with E-state index >= 15 is 0 Å². The first kappa shape index (κ1) is 11.5. The van der Waals surface area contributed by atoms with Gasteiger partial charge >= 0.3 is 0 Å². The number of rotatable bonds is 3. The third-order valence-corrected chi connectivity index (χ3v) is 3.46. The fraction of sp³-hybridized carbons (Fsp3) is 0.750. The molecule has 90 valence electrons. The molecular weight excluding hydrogens is 200 g/mol. The van der Waals surface area contributed by atoms with Crippen LogP contribution in [-0.2, 0) is 7.05 Å². The fourth-order valence-electron chi connectivity index (χ4n) is 2.64. The van der Waals surface area contributed by atoms with E-state index in [0.717, 1.165) is 31.1 Å². The van der Waals surface area contributed by atoms with Crippen LogP contribution >= 0.6 is 0 Å². The van der Waals surface area contributed by atoms with Crippen LogP contribution in [0.5, 0.6) is 0 Å². The highest BCUT2D eigenvalue weighted by atomic mass is 15.3. The molecule has 4 nitrogen and oxygen atoms in total. The largest absolute Gasteiger partial charge is 0.367 e. The minimum absolute atomic E-state index is 0.0464. The molecule has 1 fully saturated rings. The minimum Gasteiger partial charge on any atom is -0.367 e. The molecule has 1 aromatic rings. The summed E-state index contributed by atoms with van der Waals surface area (Å²) in [5.41, 5.74) is 6.36. The van der Waals surface area contributed by atoms with Crippen molar-refractivity contribution in [3.05, 3.63) is 12.3 Å². The molecule has 0 amide bonds. The van der Waals surface area contributed by atoms with Gasteiger partial charge in [-0.05, 0) is 18.8 Å². The quantitative estimate of drug-likeness (QED) is 0.819. The highest BCUT2D eigenvalue weighted by molar-refractivity contribution is 5.32. The molecule has 16 heavy (non-hydrogen) atoms.